The molecule has 2 saturated heterocycles. The van der Waals surface area contributed by atoms with E-state index in [0.29, 0.717) is 41.0 Å². The molecule has 1 spiro atoms. The number of hydrogen-bond acceptors (Lipinski definition) is 3. The van der Waals surface area contributed by atoms with Crippen LogP contribution in [0.5, 0.6) is 0 Å². The Hall–Kier alpha value is -1.69. The summed E-state index contributed by atoms with van der Waals surface area (Å²) < 4.78 is 0. The smallest absolute Gasteiger partial charge is 0.253 e. The Labute approximate surface area is 178 Å². The van der Waals surface area contributed by atoms with E-state index in [9.17, 15) is 9.59 Å². The average Bonchev–Trinajstić information content (AvgIpc) is 2.98. The zero-order valence-corrected chi connectivity index (χ0v) is 17.6. The van der Waals surface area contributed by atoms with Gasteiger partial charge in [0.05, 0.1) is 10.6 Å². The molecule has 0 saturated carbocycles. The van der Waals surface area contributed by atoms with Gasteiger partial charge in [-0.3, -0.25) is 9.59 Å². The number of carbonyl (C=O) groups excluding carboxylic acids is 2. The molecule has 2 aliphatic rings. The van der Waals surface area contributed by atoms with Gasteiger partial charge in [-0.25, -0.2) is 0 Å². The van der Waals surface area contributed by atoms with Gasteiger partial charge in [-0.1, -0.05) is 53.5 Å². The number of nitrogens with zero attached hydrogens (tertiary/aromatic N) is 2. The zero-order chi connectivity index (χ0) is 19.7. The summed E-state index contributed by atoms with van der Waals surface area (Å²) in [4.78, 5) is 29.0. The summed E-state index contributed by atoms with van der Waals surface area (Å²) in [5, 5.41) is 0.908. The SMILES string of the molecule is O=C(c1cc(Cl)cc(Cl)c1)N1CCC2(CC1)SCC(=O)N2Cc1ccccc1. The maximum Gasteiger partial charge on any atom is 0.253 e. The third-order valence-electron chi connectivity index (χ3n) is 5.38. The molecule has 7 heteroatoms. The van der Waals surface area contributed by atoms with Gasteiger partial charge in [0, 0.05) is 35.2 Å². The molecule has 0 radical (unpaired) electrons. The van der Waals surface area contributed by atoms with Crippen molar-refractivity contribution >= 4 is 46.8 Å². The Morgan fingerprint density at radius 1 is 1.04 bits per heavy atom. The first-order valence-corrected chi connectivity index (χ1v) is 10.9. The van der Waals surface area contributed by atoms with Crippen LogP contribution in [0.25, 0.3) is 0 Å². The monoisotopic (exact) mass is 434 g/mol. The van der Waals surface area contributed by atoms with Crippen molar-refractivity contribution in [2.24, 2.45) is 0 Å². The lowest BCUT2D eigenvalue weighted by Gasteiger charge is -2.44. The number of carbonyl (C=O) groups is 2. The summed E-state index contributed by atoms with van der Waals surface area (Å²) in [5.41, 5.74) is 1.63. The lowest BCUT2D eigenvalue weighted by molar-refractivity contribution is -0.131. The second-order valence-electron chi connectivity index (χ2n) is 7.15. The Balaban J connectivity index is 1.47. The van der Waals surface area contributed by atoms with Crippen molar-refractivity contribution in [3.8, 4) is 0 Å². The predicted molar refractivity (Wildman–Crippen MR) is 114 cm³/mol. The highest BCUT2D eigenvalue weighted by Gasteiger charge is 2.48. The molecule has 0 aliphatic carbocycles. The summed E-state index contributed by atoms with van der Waals surface area (Å²) >= 11 is 13.8. The van der Waals surface area contributed by atoms with E-state index in [1.165, 1.54) is 0 Å². The van der Waals surface area contributed by atoms with Crippen LogP contribution in [-0.2, 0) is 11.3 Å². The van der Waals surface area contributed by atoms with Crippen molar-refractivity contribution in [1.82, 2.24) is 9.80 Å². The van der Waals surface area contributed by atoms with Gasteiger partial charge in [-0.15, -0.1) is 11.8 Å². The summed E-state index contributed by atoms with van der Waals surface area (Å²) in [7, 11) is 0. The van der Waals surface area contributed by atoms with Gasteiger partial charge in [-0.05, 0) is 36.6 Å². The molecular weight excluding hydrogens is 415 g/mol. The van der Waals surface area contributed by atoms with Gasteiger partial charge in [0.2, 0.25) is 5.91 Å². The first-order chi connectivity index (χ1) is 13.5. The van der Waals surface area contributed by atoms with E-state index in [2.05, 4.69) is 0 Å². The molecule has 2 aromatic carbocycles. The van der Waals surface area contributed by atoms with Crippen molar-refractivity contribution in [3.63, 3.8) is 0 Å². The molecule has 28 heavy (non-hydrogen) atoms. The van der Waals surface area contributed by atoms with E-state index in [-0.39, 0.29) is 16.7 Å². The van der Waals surface area contributed by atoms with Crippen molar-refractivity contribution in [3.05, 3.63) is 69.7 Å². The quantitative estimate of drug-likeness (QED) is 0.702. The second-order valence-corrected chi connectivity index (χ2v) is 9.36. The minimum atomic E-state index is -0.227. The fraction of sp³-hybridized carbons (Fsp3) is 0.333. The minimum absolute atomic E-state index is 0.0665. The number of piperidine rings is 1. The molecule has 0 atom stereocenters. The Kier molecular flexibility index (Phi) is 5.59. The Bertz CT molecular complexity index is 878. The standard InChI is InChI=1S/C21H20Cl2N2O2S/c22-17-10-16(11-18(23)12-17)20(27)24-8-6-21(7-9-24)25(19(26)14-28-21)13-15-4-2-1-3-5-15/h1-5,10-12H,6-9,13-14H2. The van der Waals surface area contributed by atoms with Crippen LogP contribution in [0.15, 0.2) is 48.5 Å². The summed E-state index contributed by atoms with van der Waals surface area (Å²) in [6, 6.07) is 15.0. The molecule has 0 unspecified atom stereocenters. The number of likely N-dealkylation sites (tertiary alicyclic amines) is 1. The van der Waals surface area contributed by atoms with Gasteiger partial charge in [0.1, 0.15) is 0 Å². The molecule has 0 bridgehead atoms. The van der Waals surface area contributed by atoms with E-state index in [1.54, 1.807) is 30.0 Å². The van der Waals surface area contributed by atoms with Crippen molar-refractivity contribution in [2.75, 3.05) is 18.8 Å². The minimum Gasteiger partial charge on any atom is -0.338 e. The van der Waals surface area contributed by atoms with Gasteiger partial charge in [0.25, 0.3) is 5.91 Å². The first-order valence-electron chi connectivity index (χ1n) is 9.21. The molecule has 4 rings (SSSR count). The molecule has 2 aliphatic heterocycles. The third-order valence-corrected chi connectivity index (χ3v) is 7.38. The molecule has 2 fully saturated rings. The van der Waals surface area contributed by atoms with Crippen LogP contribution >= 0.6 is 35.0 Å². The van der Waals surface area contributed by atoms with E-state index in [4.69, 9.17) is 23.2 Å². The first kappa shape index (κ1) is 19.6. The number of rotatable bonds is 3. The number of hydrogen-bond donors (Lipinski definition) is 0. The maximum atomic E-state index is 12.9. The molecule has 146 valence electrons. The number of amides is 2. The highest BCUT2D eigenvalue weighted by Crippen LogP contribution is 2.45. The van der Waals surface area contributed by atoms with E-state index >= 15 is 0 Å². The van der Waals surface area contributed by atoms with Crippen LogP contribution in [0.3, 0.4) is 0 Å². The lowest BCUT2D eigenvalue weighted by atomic mass is 10.00. The van der Waals surface area contributed by atoms with E-state index in [1.807, 2.05) is 40.1 Å². The predicted octanol–water partition coefficient (Wildman–Crippen LogP) is 4.70. The van der Waals surface area contributed by atoms with Gasteiger partial charge >= 0.3 is 0 Å². The molecule has 0 aromatic heterocycles. The van der Waals surface area contributed by atoms with Crippen LogP contribution in [-0.4, -0.2) is 45.3 Å². The number of benzene rings is 2. The average molecular weight is 435 g/mol. The molecule has 2 amide bonds. The molecule has 2 heterocycles. The Morgan fingerprint density at radius 3 is 2.32 bits per heavy atom. The van der Waals surface area contributed by atoms with Crippen LogP contribution < -0.4 is 0 Å². The zero-order valence-electron chi connectivity index (χ0n) is 15.2. The Morgan fingerprint density at radius 2 is 1.68 bits per heavy atom. The van der Waals surface area contributed by atoms with Crippen molar-refractivity contribution in [2.45, 2.75) is 24.3 Å². The summed E-state index contributed by atoms with van der Waals surface area (Å²) in [6.07, 6.45) is 1.52. The molecular formula is C21H20Cl2N2O2S. The van der Waals surface area contributed by atoms with Crippen LogP contribution in [0.1, 0.15) is 28.8 Å². The number of thioether (sulfide) groups is 1. The molecule has 4 nitrogen and oxygen atoms in total. The fourth-order valence-electron chi connectivity index (χ4n) is 3.91. The van der Waals surface area contributed by atoms with E-state index in [0.717, 1.165) is 18.4 Å². The highest BCUT2D eigenvalue weighted by atomic mass is 35.5. The van der Waals surface area contributed by atoms with Crippen LogP contribution in [0, 0.1) is 0 Å². The molecule has 0 N–H and O–H groups in total. The molecule has 2 aromatic rings. The number of halogens is 2. The summed E-state index contributed by atoms with van der Waals surface area (Å²) in [5.74, 6) is 0.614. The van der Waals surface area contributed by atoms with Crippen molar-refractivity contribution < 1.29 is 9.59 Å². The highest BCUT2D eigenvalue weighted by molar-refractivity contribution is 8.01. The lowest BCUT2D eigenvalue weighted by Crippen LogP contribution is -2.52. The van der Waals surface area contributed by atoms with E-state index < -0.39 is 0 Å². The maximum absolute atomic E-state index is 12.9. The topological polar surface area (TPSA) is 40.6 Å². The third kappa shape index (κ3) is 3.88. The fourth-order valence-corrected chi connectivity index (χ4v) is 5.78. The van der Waals surface area contributed by atoms with Gasteiger partial charge in [0.15, 0.2) is 0 Å². The van der Waals surface area contributed by atoms with Crippen LogP contribution in [0.4, 0.5) is 0 Å². The van der Waals surface area contributed by atoms with Gasteiger partial charge < -0.3 is 9.80 Å². The van der Waals surface area contributed by atoms with Crippen LogP contribution in [0.2, 0.25) is 10.0 Å². The van der Waals surface area contributed by atoms with Gasteiger partial charge in [-0.2, -0.15) is 0 Å². The summed E-state index contributed by atoms with van der Waals surface area (Å²) in [6.45, 7) is 1.83. The second kappa shape index (κ2) is 7.97. The van der Waals surface area contributed by atoms with Crippen molar-refractivity contribution in [1.29, 1.82) is 0 Å². The largest absolute Gasteiger partial charge is 0.338 e. The normalized spacial score (nSPS) is 18.7.